The second-order valence-corrected chi connectivity index (χ2v) is 4.46. The first-order valence-electron chi connectivity index (χ1n) is 6.58. The molecule has 0 atom stereocenters. The maximum absolute atomic E-state index is 12.3. The molecule has 0 heterocycles. The number of anilines is 1. The molecule has 0 radical (unpaired) electrons. The second-order valence-electron chi connectivity index (χ2n) is 4.46. The van der Waals surface area contributed by atoms with Crippen molar-refractivity contribution in [3.8, 4) is 5.75 Å². The molecular weight excluding hydrogens is 284 g/mol. The molecule has 2 amide bonds. The van der Waals surface area contributed by atoms with E-state index in [9.17, 15) is 9.59 Å². The summed E-state index contributed by atoms with van der Waals surface area (Å²) in [5, 5.41) is 0.984. The Morgan fingerprint density at radius 3 is 2.23 bits per heavy atom. The summed E-state index contributed by atoms with van der Waals surface area (Å²) in [5.41, 5.74) is 3.80. The van der Waals surface area contributed by atoms with Crippen LogP contribution in [0.3, 0.4) is 0 Å². The quantitative estimate of drug-likeness (QED) is 0.864. The topological polar surface area (TPSA) is 67.9 Å². The molecule has 2 rings (SSSR count). The Labute approximate surface area is 128 Å². The van der Waals surface area contributed by atoms with Crippen LogP contribution >= 0.6 is 0 Å². The molecule has 2 aromatic carbocycles. The summed E-state index contributed by atoms with van der Waals surface area (Å²) in [5.74, 6) is 0.372. The Morgan fingerprint density at radius 2 is 1.64 bits per heavy atom. The summed E-state index contributed by atoms with van der Waals surface area (Å²) in [6.07, 6.45) is -1.52. The van der Waals surface area contributed by atoms with Crippen LogP contribution in [0.15, 0.2) is 54.6 Å². The normalized spacial score (nSPS) is 9.73. The van der Waals surface area contributed by atoms with Gasteiger partial charge in [0.05, 0.1) is 12.8 Å². The first-order chi connectivity index (χ1) is 10.6. The second kappa shape index (κ2) is 7.12. The van der Waals surface area contributed by atoms with Gasteiger partial charge in [0.2, 0.25) is 0 Å². The van der Waals surface area contributed by atoms with Gasteiger partial charge in [-0.25, -0.2) is 15.0 Å². The highest BCUT2D eigenvalue weighted by atomic mass is 16.6. The van der Waals surface area contributed by atoms with Crippen molar-refractivity contribution in [3.63, 3.8) is 0 Å². The molecule has 6 heteroatoms. The van der Waals surface area contributed by atoms with Gasteiger partial charge in [0, 0.05) is 0 Å². The van der Waals surface area contributed by atoms with Gasteiger partial charge in [-0.3, -0.25) is 0 Å². The molecule has 0 unspecified atom stereocenters. The van der Waals surface area contributed by atoms with Crippen LogP contribution in [0.2, 0.25) is 0 Å². The number of carbonyl (C=O) groups excluding carboxylic acids is 2. The minimum atomic E-state index is -0.773. The molecule has 0 aliphatic carbocycles. The van der Waals surface area contributed by atoms with Gasteiger partial charge in [0.25, 0.3) is 0 Å². The molecule has 0 aromatic heterocycles. The number of aryl methyl sites for hydroxylation is 1. The lowest BCUT2D eigenvalue weighted by molar-refractivity contribution is 0.165. The Kier molecular flexibility index (Phi) is 4.98. The zero-order valence-corrected chi connectivity index (χ0v) is 12.3. The van der Waals surface area contributed by atoms with E-state index >= 15 is 0 Å². The number of amides is 2. The standard InChI is InChI=1S/C16H16N2O4/c1-12-8-10-13(11-9-12)18(17-15(19)21-2)16(20)22-14-6-4-3-5-7-14/h3-11H,1-2H3,(H,17,19). The summed E-state index contributed by atoms with van der Waals surface area (Å²) < 4.78 is 9.75. The van der Waals surface area contributed by atoms with Crippen molar-refractivity contribution in [2.45, 2.75) is 6.92 Å². The predicted molar refractivity (Wildman–Crippen MR) is 81.7 cm³/mol. The summed E-state index contributed by atoms with van der Waals surface area (Å²) in [6, 6.07) is 15.6. The fourth-order valence-electron chi connectivity index (χ4n) is 1.68. The van der Waals surface area contributed by atoms with E-state index in [1.807, 2.05) is 25.1 Å². The lowest BCUT2D eigenvalue weighted by Gasteiger charge is -2.21. The van der Waals surface area contributed by atoms with E-state index in [-0.39, 0.29) is 0 Å². The Bertz CT molecular complexity index is 641. The van der Waals surface area contributed by atoms with Crippen LogP contribution in [-0.2, 0) is 4.74 Å². The van der Waals surface area contributed by atoms with E-state index in [4.69, 9.17) is 4.74 Å². The van der Waals surface area contributed by atoms with E-state index in [0.717, 1.165) is 10.6 Å². The molecule has 22 heavy (non-hydrogen) atoms. The van der Waals surface area contributed by atoms with Gasteiger partial charge in [-0.2, -0.15) is 5.01 Å². The molecule has 6 nitrogen and oxygen atoms in total. The van der Waals surface area contributed by atoms with E-state index in [2.05, 4.69) is 10.2 Å². The number of methoxy groups -OCH3 is 1. The monoisotopic (exact) mass is 300 g/mol. The minimum Gasteiger partial charge on any atom is -0.452 e. The van der Waals surface area contributed by atoms with Crippen molar-refractivity contribution in [1.82, 2.24) is 5.43 Å². The lowest BCUT2D eigenvalue weighted by atomic mass is 10.2. The molecule has 114 valence electrons. The molecule has 0 saturated heterocycles. The lowest BCUT2D eigenvalue weighted by Crippen LogP contribution is -2.47. The largest absolute Gasteiger partial charge is 0.452 e. The van der Waals surface area contributed by atoms with Gasteiger partial charge < -0.3 is 9.47 Å². The average molecular weight is 300 g/mol. The molecule has 0 aliphatic rings. The number of hydrogen-bond acceptors (Lipinski definition) is 4. The molecule has 2 aromatic rings. The third-order valence-corrected chi connectivity index (χ3v) is 2.81. The van der Waals surface area contributed by atoms with Crippen LogP contribution in [0.25, 0.3) is 0 Å². The zero-order chi connectivity index (χ0) is 15.9. The van der Waals surface area contributed by atoms with Crippen molar-refractivity contribution in [2.75, 3.05) is 12.1 Å². The summed E-state index contributed by atoms with van der Waals surface area (Å²) >= 11 is 0. The summed E-state index contributed by atoms with van der Waals surface area (Å²) in [7, 11) is 1.21. The molecule has 0 aliphatic heterocycles. The maximum atomic E-state index is 12.3. The highest BCUT2D eigenvalue weighted by Crippen LogP contribution is 2.16. The highest BCUT2D eigenvalue weighted by Gasteiger charge is 2.21. The number of carbonyl (C=O) groups is 2. The van der Waals surface area contributed by atoms with Crippen LogP contribution in [0, 0.1) is 6.92 Å². The SMILES string of the molecule is COC(=O)NN(C(=O)Oc1ccccc1)c1ccc(C)cc1. The molecule has 1 N–H and O–H groups in total. The molecule has 0 saturated carbocycles. The number of hydrazine groups is 1. The third kappa shape index (κ3) is 3.99. The predicted octanol–water partition coefficient (Wildman–Crippen LogP) is 3.27. The van der Waals surface area contributed by atoms with Gasteiger partial charge in [-0.1, -0.05) is 35.9 Å². The highest BCUT2D eigenvalue weighted by molar-refractivity contribution is 5.91. The number of benzene rings is 2. The van der Waals surface area contributed by atoms with Crippen LogP contribution in [0.4, 0.5) is 15.3 Å². The van der Waals surface area contributed by atoms with Crippen molar-refractivity contribution >= 4 is 17.9 Å². The fourth-order valence-corrected chi connectivity index (χ4v) is 1.68. The number of ether oxygens (including phenoxy) is 2. The van der Waals surface area contributed by atoms with Gasteiger partial charge >= 0.3 is 12.2 Å². The van der Waals surface area contributed by atoms with E-state index in [1.165, 1.54) is 7.11 Å². The van der Waals surface area contributed by atoms with E-state index in [0.29, 0.717) is 11.4 Å². The summed E-state index contributed by atoms with van der Waals surface area (Å²) in [4.78, 5) is 23.7. The van der Waals surface area contributed by atoms with Crippen molar-refractivity contribution in [3.05, 3.63) is 60.2 Å². The third-order valence-electron chi connectivity index (χ3n) is 2.81. The number of nitrogens with one attached hydrogen (secondary N) is 1. The van der Waals surface area contributed by atoms with Crippen molar-refractivity contribution < 1.29 is 19.1 Å². The first-order valence-corrected chi connectivity index (χ1v) is 6.58. The fraction of sp³-hybridized carbons (Fsp3) is 0.125. The van der Waals surface area contributed by atoms with Crippen LogP contribution in [-0.4, -0.2) is 19.3 Å². The Hall–Kier alpha value is -3.02. The molecular formula is C16H16N2O4. The van der Waals surface area contributed by atoms with Crippen LogP contribution in [0.1, 0.15) is 5.56 Å². The zero-order valence-electron chi connectivity index (χ0n) is 12.3. The van der Waals surface area contributed by atoms with Gasteiger partial charge in [0.15, 0.2) is 0 Å². The number of hydrogen-bond donors (Lipinski definition) is 1. The smallest absolute Gasteiger partial charge is 0.439 e. The number of rotatable bonds is 2. The van der Waals surface area contributed by atoms with Crippen LogP contribution < -0.4 is 15.2 Å². The molecule has 0 spiro atoms. The van der Waals surface area contributed by atoms with E-state index < -0.39 is 12.2 Å². The van der Waals surface area contributed by atoms with Gasteiger partial charge in [-0.05, 0) is 31.2 Å². The average Bonchev–Trinajstić information content (AvgIpc) is 2.54. The van der Waals surface area contributed by atoms with Crippen LogP contribution in [0.5, 0.6) is 5.75 Å². The Morgan fingerprint density at radius 1 is 1.00 bits per heavy atom. The first kappa shape index (κ1) is 15.4. The summed E-state index contributed by atoms with van der Waals surface area (Å²) in [6.45, 7) is 1.92. The number of nitrogens with zero attached hydrogens (tertiary/aromatic N) is 1. The van der Waals surface area contributed by atoms with E-state index in [1.54, 1.807) is 36.4 Å². The van der Waals surface area contributed by atoms with Crippen molar-refractivity contribution in [1.29, 1.82) is 0 Å². The van der Waals surface area contributed by atoms with Gasteiger partial charge in [-0.15, -0.1) is 0 Å². The minimum absolute atomic E-state index is 0.372. The molecule has 0 bridgehead atoms. The maximum Gasteiger partial charge on any atom is 0.439 e. The van der Waals surface area contributed by atoms with Gasteiger partial charge in [0.1, 0.15) is 5.75 Å². The molecule has 0 fully saturated rings. The van der Waals surface area contributed by atoms with Crippen molar-refractivity contribution in [2.24, 2.45) is 0 Å². The number of para-hydroxylation sites is 1. The Balaban J connectivity index is 2.21.